The Hall–Kier alpha value is -7.77. The van der Waals surface area contributed by atoms with E-state index in [2.05, 4.69) is 93.6 Å². The van der Waals surface area contributed by atoms with Crippen LogP contribution in [0.5, 0.6) is 17.2 Å². The van der Waals surface area contributed by atoms with Gasteiger partial charge in [-0.05, 0) is 162 Å². The molecule has 0 saturated carbocycles. The van der Waals surface area contributed by atoms with Crippen LogP contribution in [0.4, 0.5) is 0 Å². The molecule has 0 radical (unpaired) electrons. The number of benzene rings is 6. The first kappa shape index (κ1) is 80.2. The minimum atomic E-state index is -0.306. The zero-order chi connectivity index (χ0) is 69.7. The largest absolute Gasteiger partial charge is 0.494 e. The van der Waals surface area contributed by atoms with Crippen molar-refractivity contribution in [3.63, 3.8) is 0 Å². The summed E-state index contributed by atoms with van der Waals surface area (Å²) in [6.45, 7) is 13.0. The normalized spacial score (nSPS) is 11.8. The van der Waals surface area contributed by atoms with Crippen LogP contribution in [-0.2, 0) is 42.8 Å². The topological polar surface area (TPSA) is 134 Å². The average Bonchev–Trinajstić information content (AvgIpc) is 1.07. The Balaban J connectivity index is 0.763. The molecule has 0 amide bonds. The number of rotatable bonds is 56. The molecule has 536 valence electrons. The zero-order valence-corrected chi connectivity index (χ0v) is 60.2. The van der Waals surface area contributed by atoms with E-state index in [0.29, 0.717) is 59.5 Å². The molecule has 0 spiro atoms. The first-order valence-electron chi connectivity index (χ1n) is 37.6. The molecule has 0 aliphatic rings. The second-order valence-corrected chi connectivity index (χ2v) is 25.6. The molecule has 99 heavy (non-hydrogen) atoms. The summed E-state index contributed by atoms with van der Waals surface area (Å²) in [6, 6.07) is 48.9. The molecule has 0 saturated heterocycles. The van der Waals surface area contributed by atoms with Crippen molar-refractivity contribution in [3.05, 3.63) is 181 Å². The number of esters is 3. The molecule has 0 aliphatic carbocycles. The highest BCUT2D eigenvalue weighted by Gasteiger charge is 2.12. The zero-order valence-electron chi connectivity index (χ0n) is 60.2. The lowest BCUT2D eigenvalue weighted by Crippen LogP contribution is -2.26. The predicted octanol–water partition coefficient (Wildman–Crippen LogP) is 21.9. The molecule has 12 heteroatoms. The highest BCUT2D eigenvalue weighted by atomic mass is 16.6. The lowest BCUT2D eigenvalue weighted by molar-refractivity contribution is -0.138. The van der Waals surface area contributed by atoms with E-state index in [0.717, 1.165) is 196 Å². The molecule has 0 atom stereocenters. The molecule has 0 bridgehead atoms. The van der Waals surface area contributed by atoms with E-state index in [9.17, 15) is 14.4 Å². The smallest absolute Gasteiger partial charge is 0.330 e. The standard InChI is InChI=1S/C87H116O12/c1-4-61-93-81-52-46-78(47-53-81)75-40-31-72(32-41-75)37-58-85(88)97-67-28-22-16-9-7-13-19-25-64-91-70-84(96-66-27-21-15-11-12-18-24-30-69-99-87(90)60-39-74-35-44-77(45-36-74)80-50-56-83(57-51-80)95-63-6-3)71-92-65-26-20-14-8-10-17-23-29-68-98-86(89)59-38-73-33-42-76(43-34-73)79-48-54-82(55-49-79)94-62-5-2/h31-60,84H,4-30,61-71H2,1-3H3. The number of unbranched alkanes of at least 4 members (excludes halogenated alkanes) is 21. The van der Waals surface area contributed by atoms with Crippen LogP contribution < -0.4 is 14.2 Å². The summed E-state index contributed by atoms with van der Waals surface area (Å²) < 4.78 is 52.3. The summed E-state index contributed by atoms with van der Waals surface area (Å²) in [6.07, 6.45) is 39.2. The molecule has 0 aromatic heterocycles. The molecule has 0 unspecified atom stereocenters. The number of carbonyl (C=O) groups is 3. The summed E-state index contributed by atoms with van der Waals surface area (Å²) >= 11 is 0. The van der Waals surface area contributed by atoms with Crippen molar-refractivity contribution in [2.75, 3.05) is 72.7 Å². The van der Waals surface area contributed by atoms with Crippen molar-refractivity contribution in [2.45, 2.75) is 200 Å². The fourth-order valence-electron chi connectivity index (χ4n) is 11.2. The second kappa shape index (κ2) is 52.3. The van der Waals surface area contributed by atoms with Gasteiger partial charge >= 0.3 is 17.9 Å². The quantitative estimate of drug-likeness (QED) is 0.0156. The van der Waals surface area contributed by atoms with E-state index >= 15 is 0 Å². The van der Waals surface area contributed by atoms with Crippen molar-refractivity contribution >= 4 is 36.1 Å². The van der Waals surface area contributed by atoms with Gasteiger partial charge in [-0.2, -0.15) is 0 Å². The maximum absolute atomic E-state index is 12.4. The van der Waals surface area contributed by atoms with Gasteiger partial charge in [0.2, 0.25) is 0 Å². The van der Waals surface area contributed by atoms with Crippen LogP contribution in [0.2, 0.25) is 0 Å². The van der Waals surface area contributed by atoms with Gasteiger partial charge in [0, 0.05) is 38.0 Å². The molecule has 6 aromatic rings. The monoisotopic (exact) mass is 1350 g/mol. The lowest BCUT2D eigenvalue weighted by Gasteiger charge is -2.18. The first-order valence-corrected chi connectivity index (χ1v) is 37.6. The number of hydrogen-bond donors (Lipinski definition) is 0. The maximum atomic E-state index is 12.4. The summed E-state index contributed by atoms with van der Waals surface area (Å²) in [7, 11) is 0. The number of hydrogen-bond acceptors (Lipinski definition) is 12. The second-order valence-electron chi connectivity index (χ2n) is 25.6. The van der Waals surface area contributed by atoms with Gasteiger partial charge in [-0.3, -0.25) is 0 Å². The average molecular weight is 1350 g/mol. The van der Waals surface area contributed by atoms with Crippen LogP contribution in [0.25, 0.3) is 51.6 Å². The van der Waals surface area contributed by atoms with Gasteiger partial charge in [-0.15, -0.1) is 0 Å². The van der Waals surface area contributed by atoms with E-state index in [4.69, 9.17) is 42.6 Å². The van der Waals surface area contributed by atoms with Crippen LogP contribution in [0.15, 0.2) is 164 Å². The molecule has 0 aliphatic heterocycles. The Labute approximate surface area is 594 Å². The highest BCUT2D eigenvalue weighted by Crippen LogP contribution is 2.27. The molecule has 6 aromatic carbocycles. The Morgan fingerprint density at radius 3 is 0.747 bits per heavy atom. The number of ether oxygens (including phenoxy) is 9. The third-order valence-electron chi connectivity index (χ3n) is 17.0. The van der Waals surface area contributed by atoms with Gasteiger partial charge in [-0.1, -0.05) is 246 Å². The van der Waals surface area contributed by atoms with Crippen LogP contribution in [0, 0.1) is 0 Å². The minimum absolute atomic E-state index is 0.0798. The Kier molecular flexibility index (Phi) is 42.4. The van der Waals surface area contributed by atoms with Crippen molar-refractivity contribution in [3.8, 4) is 50.6 Å². The van der Waals surface area contributed by atoms with E-state index in [1.54, 1.807) is 18.2 Å². The molecular formula is C87H116O12. The van der Waals surface area contributed by atoms with Crippen LogP contribution in [-0.4, -0.2) is 96.7 Å². The summed E-state index contributed by atoms with van der Waals surface area (Å²) in [4.78, 5) is 37.2. The third-order valence-corrected chi connectivity index (χ3v) is 17.0. The summed E-state index contributed by atoms with van der Waals surface area (Å²) in [5.41, 5.74) is 9.56. The SMILES string of the molecule is CCCOc1ccc(-c2ccc(C=CC(=O)OCCCCCCCCCCOCC(COCCCCCCCCCCOC(=O)C=Cc3ccc(-c4ccc(OCCC)cc4)cc3)OCCCCCCCCCCOC(=O)C=Cc3ccc(-c4ccc(OCCC)cc4)cc3)cc2)cc1. The van der Waals surface area contributed by atoms with Crippen molar-refractivity contribution in [2.24, 2.45) is 0 Å². The fraction of sp³-hybridized carbons (Fsp3) is 0.483. The molecule has 6 rings (SSSR count). The molecule has 0 fully saturated rings. The molecule has 12 nitrogen and oxygen atoms in total. The van der Waals surface area contributed by atoms with Crippen molar-refractivity contribution in [1.29, 1.82) is 0 Å². The fourth-order valence-corrected chi connectivity index (χ4v) is 11.2. The van der Waals surface area contributed by atoms with E-state index < -0.39 is 0 Å². The molecular weight excluding hydrogens is 1240 g/mol. The lowest BCUT2D eigenvalue weighted by atomic mass is 10.0. The van der Waals surface area contributed by atoms with E-state index in [-0.39, 0.29) is 24.0 Å². The Morgan fingerprint density at radius 2 is 0.495 bits per heavy atom. The van der Waals surface area contributed by atoms with Gasteiger partial charge in [0.1, 0.15) is 23.4 Å². The highest BCUT2D eigenvalue weighted by molar-refractivity contribution is 5.88. The first-order chi connectivity index (χ1) is 48.8. The van der Waals surface area contributed by atoms with Crippen LogP contribution in [0.1, 0.15) is 211 Å². The molecule has 0 N–H and O–H groups in total. The third kappa shape index (κ3) is 36.8. The molecule has 0 heterocycles. The van der Waals surface area contributed by atoms with Gasteiger partial charge in [-0.25, -0.2) is 14.4 Å². The predicted molar refractivity (Wildman–Crippen MR) is 405 cm³/mol. The van der Waals surface area contributed by atoms with Crippen LogP contribution in [0.3, 0.4) is 0 Å². The van der Waals surface area contributed by atoms with Crippen molar-refractivity contribution < 1.29 is 57.0 Å². The van der Waals surface area contributed by atoms with Gasteiger partial charge in [0.05, 0.1) is 52.9 Å². The number of carbonyl (C=O) groups excluding carboxylic acids is 3. The summed E-state index contributed by atoms with van der Waals surface area (Å²) in [5, 5.41) is 0. The summed E-state index contributed by atoms with van der Waals surface area (Å²) in [5.74, 6) is 1.73. The Bertz CT molecular complexity index is 2990. The van der Waals surface area contributed by atoms with E-state index in [1.807, 2.05) is 72.8 Å². The van der Waals surface area contributed by atoms with Gasteiger partial charge in [0.15, 0.2) is 0 Å². The Morgan fingerprint density at radius 1 is 0.273 bits per heavy atom. The van der Waals surface area contributed by atoms with E-state index in [1.165, 1.54) is 76.0 Å². The van der Waals surface area contributed by atoms with Gasteiger partial charge < -0.3 is 42.6 Å². The minimum Gasteiger partial charge on any atom is -0.494 e. The van der Waals surface area contributed by atoms with Crippen molar-refractivity contribution in [1.82, 2.24) is 0 Å². The van der Waals surface area contributed by atoms with Crippen LogP contribution >= 0.6 is 0 Å². The van der Waals surface area contributed by atoms with Gasteiger partial charge in [0.25, 0.3) is 0 Å². The maximum Gasteiger partial charge on any atom is 0.330 e.